The fourth-order valence-corrected chi connectivity index (χ4v) is 2.59. The summed E-state index contributed by atoms with van der Waals surface area (Å²) >= 11 is 0. The number of aromatic nitrogens is 1. The number of nitrogens with one attached hydrogen (secondary N) is 2. The minimum atomic E-state index is 0.0152. The molecule has 114 valence electrons. The molecule has 1 heterocycles. The van der Waals surface area contributed by atoms with Crippen molar-refractivity contribution in [1.29, 1.82) is 0 Å². The van der Waals surface area contributed by atoms with E-state index in [1.54, 1.807) is 0 Å². The first-order valence-corrected chi connectivity index (χ1v) is 7.68. The number of fused-ring (bicyclic) bond motifs is 2. The van der Waals surface area contributed by atoms with Crippen LogP contribution in [0.15, 0.2) is 47.3 Å². The van der Waals surface area contributed by atoms with Gasteiger partial charge in [0.2, 0.25) is 5.43 Å². The van der Waals surface area contributed by atoms with Crippen LogP contribution in [0.5, 0.6) is 5.75 Å². The Bertz CT molecular complexity index is 839. The summed E-state index contributed by atoms with van der Waals surface area (Å²) in [5.41, 5.74) is 1.67. The van der Waals surface area contributed by atoms with E-state index >= 15 is 0 Å². The molecule has 0 aliphatic heterocycles. The number of rotatable bonds is 6. The lowest BCUT2D eigenvalue weighted by Crippen LogP contribution is -2.22. The van der Waals surface area contributed by atoms with Crippen molar-refractivity contribution in [2.24, 2.45) is 0 Å². The number of para-hydroxylation sites is 1. The molecule has 0 amide bonds. The lowest BCUT2D eigenvalue weighted by Gasteiger charge is -2.10. The molecule has 2 N–H and O–H groups in total. The van der Waals surface area contributed by atoms with Gasteiger partial charge in [0.25, 0.3) is 0 Å². The zero-order valence-electron chi connectivity index (χ0n) is 12.7. The van der Waals surface area contributed by atoms with Gasteiger partial charge < -0.3 is 15.0 Å². The third-order valence-corrected chi connectivity index (χ3v) is 3.66. The Kier molecular flexibility index (Phi) is 4.39. The van der Waals surface area contributed by atoms with Crippen LogP contribution in [0.25, 0.3) is 21.8 Å². The summed E-state index contributed by atoms with van der Waals surface area (Å²) in [5.74, 6) is 0.641. The van der Waals surface area contributed by atoms with Gasteiger partial charge in [0.1, 0.15) is 12.4 Å². The Labute approximate surface area is 129 Å². The molecule has 4 heteroatoms. The smallest absolute Gasteiger partial charge is 0.200 e. The third kappa shape index (κ3) is 2.83. The Morgan fingerprint density at radius 1 is 1.05 bits per heavy atom. The van der Waals surface area contributed by atoms with E-state index in [1.165, 1.54) is 0 Å². The maximum atomic E-state index is 12.7. The fourth-order valence-electron chi connectivity index (χ4n) is 2.59. The van der Waals surface area contributed by atoms with E-state index in [-0.39, 0.29) is 5.43 Å². The number of hydrogen-bond donors (Lipinski definition) is 2. The Morgan fingerprint density at radius 3 is 2.73 bits per heavy atom. The lowest BCUT2D eigenvalue weighted by atomic mass is 10.1. The van der Waals surface area contributed by atoms with Crippen molar-refractivity contribution in [3.8, 4) is 5.75 Å². The first-order valence-electron chi connectivity index (χ1n) is 7.68. The normalized spacial score (nSPS) is 11.1. The highest BCUT2D eigenvalue weighted by Gasteiger charge is 2.09. The molecule has 22 heavy (non-hydrogen) atoms. The highest BCUT2D eigenvalue weighted by Crippen LogP contribution is 2.23. The molecular weight excluding hydrogens is 276 g/mol. The van der Waals surface area contributed by atoms with Gasteiger partial charge in [0.05, 0.1) is 10.9 Å². The zero-order valence-corrected chi connectivity index (χ0v) is 12.7. The van der Waals surface area contributed by atoms with Crippen LogP contribution in [0.2, 0.25) is 0 Å². The van der Waals surface area contributed by atoms with E-state index in [1.807, 2.05) is 42.5 Å². The first-order chi connectivity index (χ1) is 10.8. The van der Waals surface area contributed by atoms with E-state index in [0.717, 1.165) is 30.5 Å². The van der Waals surface area contributed by atoms with Crippen LogP contribution in [0, 0.1) is 0 Å². The van der Waals surface area contributed by atoms with Gasteiger partial charge in [-0.1, -0.05) is 25.1 Å². The second-order valence-electron chi connectivity index (χ2n) is 5.28. The van der Waals surface area contributed by atoms with E-state index in [2.05, 4.69) is 17.2 Å². The van der Waals surface area contributed by atoms with Crippen LogP contribution < -0.4 is 15.5 Å². The summed E-state index contributed by atoms with van der Waals surface area (Å²) in [7, 11) is 0. The summed E-state index contributed by atoms with van der Waals surface area (Å²) in [4.78, 5) is 16.0. The summed E-state index contributed by atoms with van der Waals surface area (Å²) < 4.78 is 5.81. The molecule has 0 unspecified atom stereocenters. The van der Waals surface area contributed by atoms with E-state index < -0.39 is 0 Å². The predicted molar refractivity (Wildman–Crippen MR) is 90.7 cm³/mol. The van der Waals surface area contributed by atoms with Crippen molar-refractivity contribution in [3.05, 3.63) is 52.7 Å². The highest BCUT2D eigenvalue weighted by atomic mass is 16.5. The van der Waals surface area contributed by atoms with Gasteiger partial charge in [-0.05, 0) is 37.2 Å². The van der Waals surface area contributed by atoms with Crippen molar-refractivity contribution < 1.29 is 4.74 Å². The largest absolute Gasteiger partial charge is 0.491 e. The van der Waals surface area contributed by atoms with Gasteiger partial charge in [-0.15, -0.1) is 0 Å². The molecule has 1 aromatic heterocycles. The highest BCUT2D eigenvalue weighted by molar-refractivity contribution is 5.95. The predicted octanol–water partition coefficient (Wildman–Crippen LogP) is 3.06. The fraction of sp³-hybridized carbons (Fsp3) is 0.278. The maximum absolute atomic E-state index is 12.7. The van der Waals surface area contributed by atoms with Crippen LogP contribution in [-0.2, 0) is 0 Å². The average molecular weight is 296 g/mol. The molecule has 0 bridgehead atoms. The molecule has 0 aliphatic carbocycles. The molecule has 0 saturated carbocycles. The van der Waals surface area contributed by atoms with E-state index in [9.17, 15) is 4.79 Å². The van der Waals surface area contributed by atoms with Crippen LogP contribution in [-0.4, -0.2) is 24.7 Å². The Hall–Kier alpha value is -2.33. The average Bonchev–Trinajstić information content (AvgIpc) is 2.55. The van der Waals surface area contributed by atoms with Crippen molar-refractivity contribution in [2.75, 3.05) is 19.7 Å². The molecule has 4 nitrogen and oxygen atoms in total. The standard InChI is InChI=1S/C18H20N2O2/c1-2-10-19-11-12-22-16-9-5-8-15-17(16)18(21)13-6-3-4-7-14(13)20-15/h3-9,19H,2,10-12H2,1H3,(H,20,21). The Balaban J connectivity index is 1.97. The quantitative estimate of drug-likeness (QED) is 0.543. The van der Waals surface area contributed by atoms with Crippen LogP contribution in [0.1, 0.15) is 13.3 Å². The second-order valence-corrected chi connectivity index (χ2v) is 5.28. The SMILES string of the molecule is CCCNCCOc1cccc2[nH]c3ccccc3c(=O)c12. The zero-order chi connectivity index (χ0) is 15.4. The van der Waals surface area contributed by atoms with Crippen molar-refractivity contribution >= 4 is 21.8 Å². The second kappa shape index (κ2) is 6.62. The molecule has 0 fully saturated rings. The van der Waals surface area contributed by atoms with Gasteiger partial charge in [0, 0.05) is 17.4 Å². The van der Waals surface area contributed by atoms with Gasteiger partial charge in [-0.3, -0.25) is 4.79 Å². The number of hydrogen-bond acceptors (Lipinski definition) is 3. The molecule has 3 rings (SSSR count). The summed E-state index contributed by atoms with van der Waals surface area (Å²) in [6.45, 7) is 4.43. The molecule has 0 atom stereocenters. The molecule has 0 radical (unpaired) electrons. The van der Waals surface area contributed by atoms with Crippen LogP contribution >= 0.6 is 0 Å². The van der Waals surface area contributed by atoms with E-state index in [4.69, 9.17) is 4.74 Å². The van der Waals surface area contributed by atoms with Crippen molar-refractivity contribution in [1.82, 2.24) is 10.3 Å². The molecule has 0 saturated heterocycles. The van der Waals surface area contributed by atoms with Crippen molar-refractivity contribution in [3.63, 3.8) is 0 Å². The van der Waals surface area contributed by atoms with E-state index in [0.29, 0.717) is 23.1 Å². The molecule has 2 aromatic carbocycles. The van der Waals surface area contributed by atoms with Crippen LogP contribution in [0.3, 0.4) is 0 Å². The van der Waals surface area contributed by atoms with Gasteiger partial charge in [-0.2, -0.15) is 0 Å². The molecule has 0 aliphatic rings. The molecule has 0 spiro atoms. The topological polar surface area (TPSA) is 54.1 Å². The van der Waals surface area contributed by atoms with Gasteiger partial charge in [-0.25, -0.2) is 0 Å². The summed E-state index contributed by atoms with van der Waals surface area (Å²) in [6.07, 6.45) is 1.10. The van der Waals surface area contributed by atoms with Gasteiger partial charge in [0.15, 0.2) is 0 Å². The Morgan fingerprint density at radius 2 is 1.86 bits per heavy atom. The number of pyridine rings is 1. The molecule has 3 aromatic rings. The number of aromatic amines is 1. The molecular formula is C18H20N2O2. The van der Waals surface area contributed by atoms with Crippen molar-refractivity contribution in [2.45, 2.75) is 13.3 Å². The minimum Gasteiger partial charge on any atom is -0.491 e. The monoisotopic (exact) mass is 296 g/mol. The lowest BCUT2D eigenvalue weighted by molar-refractivity contribution is 0.317. The summed E-state index contributed by atoms with van der Waals surface area (Å²) in [6, 6.07) is 13.2. The first kappa shape index (κ1) is 14.6. The van der Waals surface area contributed by atoms with Crippen LogP contribution in [0.4, 0.5) is 0 Å². The number of benzene rings is 2. The van der Waals surface area contributed by atoms with Gasteiger partial charge >= 0.3 is 0 Å². The number of H-pyrrole nitrogens is 1. The third-order valence-electron chi connectivity index (χ3n) is 3.66. The maximum Gasteiger partial charge on any atom is 0.200 e. The minimum absolute atomic E-state index is 0.0152. The number of ether oxygens (including phenoxy) is 1. The summed E-state index contributed by atoms with van der Waals surface area (Å²) in [5, 5.41) is 4.60.